The zero-order valence-corrected chi connectivity index (χ0v) is 24.2. The van der Waals surface area contributed by atoms with Gasteiger partial charge in [-0.25, -0.2) is 4.98 Å². The molecule has 1 fully saturated rings. The molecule has 0 radical (unpaired) electrons. The second kappa shape index (κ2) is 11.8. The second-order valence-corrected chi connectivity index (χ2v) is 12.4. The summed E-state index contributed by atoms with van der Waals surface area (Å²) in [6.45, 7) is 15.0. The van der Waals surface area contributed by atoms with Gasteiger partial charge in [-0.3, -0.25) is 9.59 Å². The number of carbonyl (C=O) groups excluding carboxylic acids is 2. The highest BCUT2D eigenvalue weighted by Gasteiger charge is 2.41. The fourth-order valence-corrected chi connectivity index (χ4v) is 5.86. The Morgan fingerprint density at radius 1 is 1.22 bits per heavy atom. The van der Waals surface area contributed by atoms with Crippen molar-refractivity contribution >= 4 is 40.6 Å². The number of allylic oxidation sites excluding steroid dienone is 3. The van der Waals surface area contributed by atoms with E-state index >= 15 is 0 Å². The third-order valence-electron chi connectivity index (χ3n) is 7.45. The van der Waals surface area contributed by atoms with Gasteiger partial charge in [0, 0.05) is 24.4 Å². The van der Waals surface area contributed by atoms with Gasteiger partial charge < -0.3 is 15.0 Å². The van der Waals surface area contributed by atoms with Crippen LogP contribution in [0.2, 0.25) is 0 Å². The highest BCUT2D eigenvalue weighted by molar-refractivity contribution is 8.06. The van der Waals surface area contributed by atoms with Crippen molar-refractivity contribution < 1.29 is 14.3 Å². The number of hydrogen-bond donors (Lipinski definition) is 1. The number of anilines is 1. The molecular formula is C30H41N3O3S. The van der Waals surface area contributed by atoms with Crippen molar-refractivity contribution in [2.24, 2.45) is 10.8 Å². The van der Waals surface area contributed by atoms with E-state index in [0.717, 1.165) is 72.2 Å². The maximum atomic E-state index is 12.5. The molecule has 1 N–H and O–H groups in total. The highest BCUT2D eigenvalue weighted by atomic mass is 32.2. The Kier molecular flexibility index (Phi) is 9.24. The molecule has 200 valence electrons. The summed E-state index contributed by atoms with van der Waals surface area (Å²) < 4.78 is 5.12. The van der Waals surface area contributed by atoms with Crippen molar-refractivity contribution in [1.29, 1.82) is 0 Å². The summed E-state index contributed by atoms with van der Waals surface area (Å²) in [6.07, 6.45) is 4.90. The van der Waals surface area contributed by atoms with E-state index in [2.05, 4.69) is 49.6 Å². The van der Waals surface area contributed by atoms with Crippen LogP contribution in [0.1, 0.15) is 63.7 Å². The van der Waals surface area contributed by atoms with E-state index in [4.69, 9.17) is 4.74 Å². The van der Waals surface area contributed by atoms with E-state index in [9.17, 15) is 9.59 Å². The number of nitrogens with zero attached hydrogens (tertiary/aromatic N) is 2. The van der Waals surface area contributed by atoms with Crippen molar-refractivity contribution in [2.75, 3.05) is 39.6 Å². The van der Waals surface area contributed by atoms with Crippen LogP contribution < -0.4 is 10.1 Å². The Hall–Kier alpha value is -2.64. The number of piperidine rings is 1. The van der Waals surface area contributed by atoms with Crippen molar-refractivity contribution in [1.82, 2.24) is 9.88 Å². The molecule has 1 aromatic heterocycles. The molecule has 0 unspecified atom stereocenters. The Bertz CT molecular complexity index is 1200. The molecule has 0 amide bonds. The van der Waals surface area contributed by atoms with E-state index in [1.807, 2.05) is 25.1 Å². The molecule has 1 aliphatic carbocycles. The standard InChI is InChI=1S/C18H29NOS.C12H12N2O2/c1-13-15(20)11-18(7-9-19(6)10-8-18)12-16(13)21-14(2)17(3,4)5;1-13-12-9(7-15)5-8-6-10(16-2)3-4-11(8)14-12/h2,7-12H2,1,3-6H3;3-7H,1-2H3,(H,13,14). The molecule has 0 atom stereocenters. The number of aldehydes is 1. The number of likely N-dealkylation sites (tertiary alicyclic amines) is 1. The Balaban J connectivity index is 0.000000213. The lowest BCUT2D eigenvalue weighted by atomic mass is 9.68. The minimum atomic E-state index is 0.0817. The summed E-state index contributed by atoms with van der Waals surface area (Å²) in [5.74, 6) is 1.70. The molecule has 37 heavy (non-hydrogen) atoms. The molecule has 2 aliphatic rings. The number of fused-ring (bicyclic) bond motifs is 1. The number of Topliss-reactive ketones (excluding diaryl/α,β-unsaturated/α-hetero) is 1. The van der Waals surface area contributed by atoms with Crippen LogP contribution >= 0.6 is 11.8 Å². The van der Waals surface area contributed by atoms with Gasteiger partial charge in [0.1, 0.15) is 11.6 Å². The van der Waals surface area contributed by atoms with Gasteiger partial charge in [-0.1, -0.05) is 39.1 Å². The van der Waals surface area contributed by atoms with Crippen LogP contribution in [0.15, 0.2) is 46.2 Å². The lowest BCUT2D eigenvalue weighted by molar-refractivity contribution is -0.119. The minimum Gasteiger partial charge on any atom is -0.497 e. The van der Waals surface area contributed by atoms with Gasteiger partial charge in [0.25, 0.3) is 0 Å². The molecular weight excluding hydrogens is 482 g/mol. The molecule has 7 heteroatoms. The van der Waals surface area contributed by atoms with Crippen LogP contribution in [0.5, 0.6) is 5.75 Å². The first-order chi connectivity index (χ1) is 17.4. The zero-order valence-electron chi connectivity index (χ0n) is 23.4. The number of thioether (sulfide) groups is 1. The van der Waals surface area contributed by atoms with E-state index in [-0.39, 0.29) is 10.8 Å². The molecule has 0 bridgehead atoms. The Labute approximate surface area is 225 Å². The number of aromatic nitrogens is 1. The first kappa shape index (κ1) is 28.9. The third kappa shape index (κ3) is 7.02. The lowest BCUT2D eigenvalue weighted by Gasteiger charge is -2.43. The number of methoxy groups -OCH3 is 1. The highest BCUT2D eigenvalue weighted by Crippen LogP contribution is 2.51. The van der Waals surface area contributed by atoms with Crippen LogP contribution in [0.4, 0.5) is 5.82 Å². The first-order valence-corrected chi connectivity index (χ1v) is 13.6. The average Bonchev–Trinajstić information content (AvgIpc) is 2.87. The second-order valence-electron chi connectivity index (χ2n) is 11.3. The van der Waals surface area contributed by atoms with Gasteiger partial charge in [0.2, 0.25) is 0 Å². The maximum Gasteiger partial charge on any atom is 0.159 e. The summed E-state index contributed by atoms with van der Waals surface area (Å²) in [4.78, 5) is 32.5. The number of rotatable bonds is 5. The normalized spacial score (nSPS) is 17.9. The topological polar surface area (TPSA) is 71.5 Å². The first-order valence-electron chi connectivity index (χ1n) is 12.8. The fraction of sp³-hybridized carbons (Fsp3) is 0.500. The number of benzene rings is 1. The molecule has 2 heterocycles. The van der Waals surface area contributed by atoms with Gasteiger partial charge in [0.15, 0.2) is 12.1 Å². The summed E-state index contributed by atoms with van der Waals surface area (Å²) in [5.41, 5.74) is 2.65. The Morgan fingerprint density at radius 2 is 1.89 bits per heavy atom. The minimum absolute atomic E-state index is 0.0817. The molecule has 1 aliphatic heterocycles. The van der Waals surface area contributed by atoms with Crippen molar-refractivity contribution in [2.45, 2.75) is 53.4 Å². The fourth-order valence-electron chi connectivity index (χ4n) is 4.61. The summed E-state index contributed by atoms with van der Waals surface area (Å²) in [7, 11) is 5.53. The summed E-state index contributed by atoms with van der Waals surface area (Å²) >= 11 is 1.76. The quantitative estimate of drug-likeness (QED) is 0.436. The molecule has 1 saturated heterocycles. The number of hydrogen-bond acceptors (Lipinski definition) is 7. The molecule has 0 saturated carbocycles. The average molecular weight is 524 g/mol. The van der Waals surface area contributed by atoms with E-state index < -0.39 is 0 Å². The number of ether oxygens (including phenoxy) is 1. The Morgan fingerprint density at radius 3 is 2.46 bits per heavy atom. The van der Waals surface area contributed by atoms with Gasteiger partial charge in [-0.05, 0) is 91.2 Å². The lowest BCUT2D eigenvalue weighted by Crippen LogP contribution is -2.41. The van der Waals surface area contributed by atoms with E-state index in [1.54, 1.807) is 32.0 Å². The largest absolute Gasteiger partial charge is 0.497 e. The smallest absolute Gasteiger partial charge is 0.159 e. The van der Waals surface area contributed by atoms with Crippen LogP contribution in [0, 0.1) is 10.8 Å². The number of carbonyl (C=O) groups is 2. The van der Waals surface area contributed by atoms with Crippen LogP contribution in [-0.4, -0.2) is 56.2 Å². The molecule has 4 rings (SSSR count). The van der Waals surface area contributed by atoms with E-state index in [0.29, 0.717) is 17.2 Å². The van der Waals surface area contributed by atoms with Crippen molar-refractivity contribution in [3.63, 3.8) is 0 Å². The van der Waals surface area contributed by atoms with Gasteiger partial charge in [0.05, 0.1) is 18.2 Å². The van der Waals surface area contributed by atoms with E-state index in [1.165, 1.54) is 4.91 Å². The van der Waals surface area contributed by atoms with Crippen molar-refractivity contribution in [3.05, 3.63) is 51.8 Å². The zero-order chi connectivity index (χ0) is 27.4. The maximum absolute atomic E-state index is 12.5. The molecule has 6 nitrogen and oxygen atoms in total. The van der Waals surface area contributed by atoms with Gasteiger partial charge >= 0.3 is 0 Å². The van der Waals surface area contributed by atoms with Gasteiger partial charge in [-0.2, -0.15) is 0 Å². The predicted octanol–water partition coefficient (Wildman–Crippen LogP) is 6.73. The number of nitrogens with one attached hydrogen (secondary N) is 1. The summed E-state index contributed by atoms with van der Waals surface area (Å²) in [5, 5.41) is 3.78. The number of ketones is 1. The predicted molar refractivity (Wildman–Crippen MR) is 156 cm³/mol. The summed E-state index contributed by atoms with van der Waals surface area (Å²) in [6, 6.07) is 7.36. The van der Waals surface area contributed by atoms with Crippen molar-refractivity contribution in [3.8, 4) is 5.75 Å². The number of pyridine rings is 1. The van der Waals surface area contributed by atoms with Gasteiger partial charge in [-0.15, -0.1) is 0 Å². The molecule has 1 aromatic carbocycles. The van der Waals surface area contributed by atoms with Crippen LogP contribution in [0.25, 0.3) is 10.9 Å². The third-order valence-corrected chi connectivity index (χ3v) is 9.01. The molecule has 2 aromatic rings. The SMILES string of the molecule is C=C(SC1=C(C)C(=O)CC2(CCN(C)CC2)C1)C(C)(C)C.CNc1nc2ccc(OC)cc2cc1C=O. The monoisotopic (exact) mass is 523 g/mol. The van der Waals surface area contributed by atoms with Crippen LogP contribution in [-0.2, 0) is 4.79 Å². The van der Waals surface area contributed by atoms with Crippen LogP contribution in [0.3, 0.4) is 0 Å². The molecule has 1 spiro atoms.